The fourth-order valence-corrected chi connectivity index (χ4v) is 4.12. The topological polar surface area (TPSA) is 89.9 Å². The summed E-state index contributed by atoms with van der Waals surface area (Å²) in [7, 11) is 0. The van der Waals surface area contributed by atoms with Crippen LogP contribution in [0.15, 0.2) is 23.8 Å². The number of carbonyl (C=O) groups excluding carboxylic acids is 3. The Balaban J connectivity index is 2.06. The number of esters is 1. The van der Waals surface area contributed by atoms with Gasteiger partial charge in [-0.1, -0.05) is 19.1 Å². The van der Waals surface area contributed by atoms with Crippen LogP contribution >= 0.6 is 0 Å². The van der Waals surface area contributed by atoms with Gasteiger partial charge in [0.1, 0.15) is 11.9 Å². The maximum Gasteiger partial charge on any atom is 0.336 e. The van der Waals surface area contributed by atoms with Crippen LogP contribution in [0.2, 0.25) is 0 Å². The van der Waals surface area contributed by atoms with Crippen LogP contribution in [0.3, 0.4) is 0 Å². The first-order valence-electron chi connectivity index (χ1n) is 9.08. The molecule has 0 saturated carbocycles. The van der Waals surface area contributed by atoms with Crippen LogP contribution < -0.4 is 0 Å². The molecule has 6 heteroatoms. The second-order valence-corrected chi connectivity index (χ2v) is 8.27. The van der Waals surface area contributed by atoms with Gasteiger partial charge in [0, 0.05) is 30.8 Å². The average Bonchev–Trinajstić information content (AvgIpc) is 2.75. The smallest absolute Gasteiger partial charge is 0.336 e. The third kappa shape index (κ3) is 3.53. The van der Waals surface area contributed by atoms with E-state index in [2.05, 4.69) is 6.58 Å². The zero-order chi connectivity index (χ0) is 19.3. The summed E-state index contributed by atoms with van der Waals surface area (Å²) in [5.41, 5.74) is -0.0467. The van der Waals surface area contributed by atoms with Gasteiger partial charge in [-0.2, -0.15) is 0 Å². The van der Waals surface area contributed by atoms with Crippen molar-refractivity contribution in [2.75, 3.05) is 0 Å². The largest absolute Gasteiger partial charge is 0.426 e. The molecule has 1 saturated heterocycles. The van der Waals surface area contributed by atoms with Gasteiger partial charge in [0.15, 0.2) is 5.78 Å². The Kier molecular flexibility index (Phi) is 4.69. The number of ether oxygens (including phenoxy) is 2. The van der Waals surface area contributed by atoms with Gasteiger partial charge < -0.3 is 14.6 Å². The lowest BCUT2D eigenvalue weighted by atomic mass is 9.83. The molecule has 6 nitrogen and oxygen atoms in total. The number of Topliss-reactive ketones (excluding diaryl/α,β-unsaturated/α-hetero) is 2. The lowest BCUT2D eigenvalue weighted by molar-refractivity contribution is -0.227. The highest BCUT2D eigenvalue weighted by Crippen LogP contribution is 2.42. The number of ketones is 2. The predicted octanol–water partition coefficient (Wildman–Crippen LogP) is 2.25. The Morgan fingerprint density at radius 1 is 1.31 bits per heavy atom. The number of hydrogen-bond donors (Lipinski definition) is 1. The molecule has 0 aliphatic carbocycles. The monoisotopic (exact) mass is 362 g/mol. The predicted molar refractivity (Wildman–Crippen MR) is 93.0 cm³/mol. The van der Waals surface area contributed by atoms with Crippen molar-refractivity contribution < 1.29 is 29.0 Å². The molecule has 1 N–H and O–H groups in total. The molecule has 26 heavy (non-hydrogen) atoms. The van der Waals surface area contributed by atoms with E-state index in [-0.39, 0.29) is 36.7 Å². The van der Waals surface area contributed by atoms with E-state index < -0.39 is 29.4 Å². The van der Waals surface area contributed by atoms with Gasteiger partial charge in [0.2, 0.25) is 5.79 Å². The van der Waals surface area contributed by atoms with Gasteiger partial charge in [-0.05, 0) is 38.7 Å². The van der Waals surface area contributed by atoms with Crippen LogP contribution in [-0.4, -0.2) is 40.1 Å². The minimum atomic E-state index is -1.50. The van der Waals surface area contributed by atoms with Gasteiger partial charge in [-0.3, -0.25) is 9.59 Å². The number of aliphatic hydroxyl groups is 1. The maximum atomic E-state index is 12.8. The number of rotatable bonds is 1. The van der Waals surface area contributed by atoms with Gasteiger partial charge in [0.25, 0.3) is 0 Å². The molecule has 5 atom stereocenters. The van der Waals surface area contributed by atoms with E-state index in [9.17, 15) is 19.5 Å². The SMILES string of the molecule is C=C(C)C1CCC2=CC3(CC(C)(O)CC(=O)C(O3)C(C)C(=O)C1)OC2=O. The minimum absolute atomic E-state index is 0.0394. The normalized spacial score (nSPS) is 41.0. The lowest BCUT2D eigenvalue weighted by Gasteiger charge is -2.32. The van der Waals surface area contributed by atoms with Crippen molar-refractivity contribution in [2.45, 2.75) is 70.4 Å². The van der Waals surface area contributed by atoms with Crippen LogP contribution in [0.5, 0.6) is 0 Å². The zero-order valence-electron chi connectivity index (χ0n) is 15.5. The van der Waals surface area contributed by atoms with Crippen molar-refractivity contribution in [1.82, 2.24) is 0 Å². The Morgan fingerprint density at radius 3 is 2.65 bits per heavy atom. The van der Waals surface area contributed by atoms with E-state index in [1.54, 1.807) is 13.0 Å². The molecule has 3 bridgehead atoms. The Labute approximate surface area is 153 Å². The third-order valence-corrected chi connectivity index (χ3v) is 5.62. The molecule has 1 spiro atoms. The third-order valence-electron chi connectivity index (χ3n) is 5.62. The van der Waals surface area contributed by atoms with Crippen molar-refractivity contribution in [2.24, 2.45) is 11.8 Å². The highest BCUT2D eigenvalue weighted by Gasteiger charge is 2.53. The molecule has 0 radical (unpaired) electrons. The van der Waals surface area contributed by atoms with Crippen molar-refractivity contribution >= 4 is 17.5 Å². The zero-order valence-corrected chi connectivity index (χ0v) is 15.5. The number of carbonyl (C=O) groups is 3. The lowest BCUT2D eigenvalue weighted by Crippen LogP contribution is -2.43. The summed E-state index contributed by atoms with van der Waals surface area (Å²) < 4.78 is 11.4. The van der Waals surface area contributed by atoms with Crippen molar-refractivity contribution in [3.05, 3.63) is 23.8 Å². The van der Waals surface area contributed by atoms with Gasteiger partial charge >= 0.3 is 5.97 Å². The molecule has 1 fully saturated rings. The maximum absolute atomic E-state index is 12.8. The molecule has 3 rings (SSSR count). The molecular formula is C20H26O6. The van der Waals surface area contributed by atoms with Crippen LogP contribution in [-0.2, 0) is 23.9 Å². The Morgan fingerprint density at radius 2 is 2.00 bits per heavy atom. The molecule has 3 aliphatic rings. The second-order valence-electron chi connectivity index (χ2n) is 8.27. The Hall–Kier alpha value is -1.79. The molecule has 3 aliphatic heterocycles. The molecule has 142 valence electrons. The summed E-state index contributed by atoms with van der Waals surface area (Å²) in [6.45, 7) is 9.01. The molecule has 0 aromatic carbocycles. The fraction of sp³-hybridized carbons (Fsp3) is 0.650. The van der Waals surface area contributed by atoms with E-state index in [4.69, 9.17) is 9.47 Å². The molecule has 5 unspecified atom stereocenters. The molecule has 0 aromatic heterocycles. The first kappa shape index (κ1) is 19.0. The summed E-state index contributed by atoms with van der Waals surface area (Å²) in [4.78, 5) is 37.9. The van der Waals surface area contributed by atoms with Crippen molar-refractivity contribution in [3.63, 3.8) is 0 Å². The highest BCUT2D eigenvalue weighted by atomic mass is 16.7. The molecular weight excluding hydrogens is 336 g/mol. The number of fused-ring (bicyclic) bond motifs is 1. The van der Waals surface area contributed by atoms with Gasteiger partial charge in [0.05, 0.1) is 5.60 Å². The van der Waals surface area contributed by atoms with E-state index >= 15 is 0 Å². The van der Waals surface area contributed by atoms with Crippen LogP contribution in [0.1, 0.15) is 52.9 Å². The quantitative estimate of drug-likeness (QED) is 0.568. The summed E-state index contributed by atoms with van der Waals surface area (Å²) in [6, 6.07) is 0. The molecule has 0 amide bonds. The summed E-state index contributed by atoms with van der Waals surface area (Å²) in [5.74, 6) is -3.17. The number of allylic oxidation sites excluding steroid dienone is 1. The summed E-state index contributed by atoms with van der Waals surface area (Å²) in [5, 5.41) is 10.6. The summed E-state index contributed by atoms with van der Waals surface area (Å²) in [6.07, 6.45) is 1.64. The van der Waals surface area contributed by atoms with Gasteiger partial charge in [-0.15, -0.1) is 0 Å². The van der Waals surface area contributed by atoms with Gasteiger partial charge in [-0.25, -0.2) is 4.79 Å². The standard InChI is InChI=1S/C20H26O6/c1-11(2)13-5-6-14-8-20(26-18(14)23)10-19(4,24)9-16(22)17(25-20)12(3)15(21)7-13/h8,12-13,17,24H,1,5-7,9-10H2,2-4H3. The average molecular weight is 362 g/mol. The van der Waals surface area contributed by atoms with E-state index in [1.165, 1.54) is 6.92 Å². The first-order chi connectivity index (χ1) is 12.0. The second kappa shape index (κ2) is 6.43. The highest BCUT2D eigenvalue weighted by molar-refractivity contribution is 5.94. The molecule has 3 heterocycles. The van der Waals surface area contributed by atoms with Crippen LogP contribution in [0, 0.1) is 11.8 Å². The van der Waals surface area contributed by atoms with Crippen molar-refractivity contribution in [3.8, 4) is 0 Å². The van der Waals surface area contributed by atoms with Crippen LogP contribution in [0.4, 0.5) is 0 Å². The first-order valence-corrected chi connectivity index (χ1v) is 9.08. The summed E-state index contributed by atoms with van der Waals surface area (Å²) >= 11 is 0. The van der Waals surface area contributed by atoms with E-state index in [0.717, 1.165) is 5.57 Å². The minimum Gasteiger partial charge on any atom is -0.426 e. The van der Waals surface area contributed by atoms with Crippen LogP contribution in [0.25, 0.3) is 0 Å². The Bertz CT molecular complexity index is 703. The molecule has 0 aromatic rings. The van der Waals surface area contributed by atoms with E-state index in [0.29, 0.717) is 18.4 Å². The fourth-order valence-electron chi connectivity index (χ4n) is 4.12. The number of hydrogen-bond acceptors (Lipinski definition) is 6. The van der Waals surface area contributed by atoms with E-state index in [1.807, 2.05) is 6.92 Å². The van der Waals surface area contributed by atoms with Crippen molar-refractivity contribution in [1.29, 1.82) is 0 Å².